The molecule has 10 heteroatoms. The summed E-state index contributed by atoms with van der Waals surface area (Å²) in [4.78, 5) is 48.6. The van der Waals surface area contributed by atoms with Crippen molar-refractivity contribution in [3.8, 4) is 0 Å². The number of carbonyl (C=O) groups excluding carboxylic acids is 2. The zero-order valence-corrected chi connectivity index (χ0v) is 18.2. The summed E-state index contributed by atoms with van der Waals surface area (Å²) in [5.74, 6) is -0.876. The van der Waals surface area contributed by atoms with Gasteiger partial charge in [-0.2, -0.15) is 0 Å². The van der Waals surface area contributed by atoms with Gasteiger partial charge in [-0.05, 0) is 51.1 Å². The van der Waals surface area contributed by atoms with Gasteiger partial charge in [-0.1, -0.05) is 12.1 Å². The van der Waals surface area contributed by atoms with Crippen molar-refractivity contribution in [1.29, 1.82) is 0 Å². The number of piperidine rings is 1. The van der Waals surface area contributed by atoms with E-state index in [9.17, 15) is 23.9 Å². The molecule has 1 aromatic carbocycles. The van der Waals surface area contributed by atoms with Crippen LogP contribution >= 0.6 is 0 Å². The van der Waals surface area contributed by atoms with Crippen LogP contribution in [-0.2, 0) is 17.9 Å². The molecule has 1 saturated heterocycles. The highest BCUT2D eigenvalue weighted by molar-refractivity contribution is 5.93. The molecular formula is C22H28FN5O4. The summed E-state index contributed by atoms with van der Waals surface area (Å²) in [6.45, 7) is 0.204. The monoisotopic (exact) mass is 445 g/mol. The number of aromatic nitrogens is 2. The van der Waals surface area contributed by atoms with Gasteiger partial charge in [0.05, 0.1) is 24.8 Å². The van der Waals surface area contributed by atoms with Gasteiger partial charge in [-0.15, -0.1) is 0 Å². The quantitative estimate of drug-likeness (QED) is 0.584. The van der Waals surface area contributed by atoms with Crippen molar-refractivity contribution in [3.05, 3.63) is 63.1 Å². The maximum absolute atomic E-state index is 13.1. The number of H-pyrrole nitrogens is 1. The van der Waals surface area contributed by atoms with Crippen LogP contribution in [0.15, 0.2) is 29.1 Å². The van der Waals surface area contributed by atoms with E-state index >= 15 is 0 Å². The molecule has 0 bridgehead atoms. The minimum atomic E-state index is -0.657. The molecule has 1 aromatic heterocycles. The summed E-state index contributed by atoms with van der Waals surface area (Å²) >= 11 is 0. The van der Waals surface area contributed by atoms with Gasteiger partial charge in [-0.3, -0.25) is 14.4 Å². The first-order valence-corrected chi connectivity index (χ1v) is 10.5. The molecule has 1 unspecified atom stereocenters. The molecule has 3 rings (SSSR count). The summed E-state index contributed by atoms with van der Waals surface area (Å²) in [6, 6.07) is 5.19. The number of hydrogen-bond acceptors (Lipinski definition) is 6. The van der Waals surface area contributed by atoms with Crippen molar-refractivity contribution in [2.45, 2.75) is 38.5 Å². The van der Waals surface area contributed by atoms with Crippen molar-refractivity contribution in [3.63, 3.8) is 0 Å². The van der Waals surface area contributed by atoms with E-state index in [0.29, 0.717) is 18.5 Å². The Bertz CT molecular complexity index is 1020. The molecule has 2 amide bonds. The molecule has 1 fully saturated rings. The number of nitrogens with zero attached hydrogens (tertiary/aromatic N) is 3. The van der Waals surface area contributed by atoms with Gasteiger partial charge in [0.15, 0.2) is 0 Å². The predicted molar refractivity (Wildman–Crippen MR) is 115 cm³/mol. The van der Waals surface area contributed by atoms with E-state index in [1.807, 2.05) is 0 Å². The van der Waals surface area contributed by atoms with Crippen LogP contribution in [0.5, 0.6) is 0 Å². The number of aliphatic hydroxyl groups excluding tert-OH is 1. The molecule has 3 N–H and O–H groups in total. The largest absolute Gasteiger partial charge is 0.391 e. The van der Waals surface area contributed by atoms with E-state index in [1.54, 1.807) is 23.9 Å². The Kier molecular flexibility index (Phi) is 7.70. The fraction of sp³-hybridized carbons (Fsp3) is 0.455. The first kappa shape index (κ1) is 23.6. The molecule has 0 saturated carbocycles. The number of aliphatic hydroxyl groups is 1. The first-order valence-electron chi connectivity index (χ1n) is 10.5. The fourth-order valence-electron chi connectivity index (χ4n) is 3.75. The summed E-state index contributed by atoms with van der Waals surface area (Å²) in [5.41, 5.74) is -0.274. The van der Waals surface area contributed by atoms with E-state index in [2.05, 4.69) is 15.3 Å². The molecule has 32 heavy (non-hydrogen) atoms. The van der Waals surface area contributed by atoms with E-state index in [-0.39, 0.29) is 41.9 Å². The van der Waals surface area contributed by atoms with Crippen molar-refractivity contribution in [1.82, 2.24) is 25.1 Å². The van der Waals surface area contributed by atoms with Crippen LogP contribution in [0.2, 0.25) is 0 Å². The predicted octanol–water partition coefficient (Wildman–Crippen LogP) is 0.947. The maximum atomic E-state index is 13.1. The Hall–Kier alpha value is -3.11. The third kappa shape index (κ3) is 5.57. The van der Waals surface area contributed by atoms with Crippen LogP contribution < -0.4 is 10.9 Å². The summed E-state index contributed by atoms with van der Waals surface area (Å²) in [7, 11) is 3.60. The van der Waals surface area contributed by atoms with Crippen molar-refractivity contribution >= 4 is 11.8 Å². The van der Waals surface area contributed by atoms with E-state index in [1.165, 1.54) is 24.3 Å². The van der Waals surface area contributed by atoms with E-state index in [0.717, 1.165) is 12.8 Å². The van der Waals surface area contributed by atoms with Crippen LogP contribution in [0.4, 0.5) is 4.39 Å². The summed E-state index contributed by atoms with van der Waals surface area (Å²) < 4.78 is 13.1. The topological polar surface area (TPSA) is 119 Å². The number of halogens is 1. The Morgan fingerprint density at radius 2 is 2.00 bits per heavy atom. The number of hydrogen-bond donors (Lipinski definition) is 3. The lowest BCUT2D eigenvalue weighted by Crippen LogP contribution is -2.44. The third-order valence-electron chi connectivity index (χ3n) is 5.36. The highest BCUT2D eigenvalue weighted by Gasteiger charge is 2.31. The summed E-state index contributed by atoms with van der Waals surface area (Å²) in [6.07, 6.45) is 2.31. The van der Waals surface area contributed by atoms with Crippen LogP contribution in [-0.4, -0.2) is 63.9 Å². The van der Waals surface area contributed by atoms with Crippen LogP contribution in [0, 0.1) is 5.82 Å². The molecule has 9 nitrogen and oxygen atoms in total. The van der Waals surface area contributed by atoms with Gasteiger partial charge < -0.3 is 25.2 Å². The summed E-state index contributed by atoms with van der Waals surface area (Å²) in [5, 5.41) is 12.3. The molecule has 1 aliphatic heterocycles. The molecule has 2 aromatic rings. The van der Waals surface area contributed by atoms with Gasteiger partial charge in [-0.25, -0.2) is 9.37 Å². The molecule has 0 aliphatic carbocycles. The first-order chi connectivity index (χ1) is 15.3. The van der Waals surface area contributed by atoms with Gasteiger partial charge in [0, 0.05) is 13.1 Å². The lowest BCUT2D eigenvalue weighted by atomic mass is 10.0. The van der Waals surface area contributed by atoms with E-state index in [4.69, 9.17) is 0 Å². The Morgan fingerprint density at radius 3 is 2.66 bits per heavy atom. The minimum absolute atomic E-state index is 0.0871. The number of likely N-dealkylation sites (N-methyl/N-ethyl adjacent to an activating group) is 1. The van der Waals surface area contributed by atoms with Crippen LogP contribution in [0.3, 0.4) is 0 Å². The third-order valence-corrected chi connectivity index (χ3v) is 5.36. The van der Waals surface area contributed by atoms with Crippen molar-refractivity contribution < 1.29 is 19.1 Å². The minimum Gasteiger partial charge on any atom is -0.391 e. The maximum Gasteiger partial charge on any atom is 0.270 e. The Morgan fingerprint density at radius 1 is 1.28 bits per heavy atom. The molecule has 2 heterocycles. The number of benzene rings is 1. The van der Waals surface area contributed by atoms with Gasteiger partial charge in [0.2, 0.25) is 5.91 Å². The number of rotatable bonds is 7. The Balaban J connectivity index is 1.87. The highest BCUT2D eigenvalue weighted by atomic mass is 19.1. The average molecular weight is 445 g/mol. The second-order valence-electron chi connectivity index (χ2n) is 8.08. The van der Waals surface area contributed by atoms with Crippen LogP contribution in [0.1, 0.15) is 52.7 Å². The molecule has 1 aliphatic rings. The lowest BCUT2D eigenvalue weighted by Gasteiger charge is -2.35. The number of amides is 2. The molecule has 1 atom stereocenters. The van der Waals surface area contributed by atoms with Crippen molar-refractivity contribution in [2.24, 2.45) is 0 Å². The zero-order valence-electron chi connectivity index (χ0n) is 18.2. The average Bonchev–Trinajstić information content (AvgIpc) is 2.77. The second-order valence-corrected chi connectivity index (χ2v) is 8.08. The van der Waals surface area contributed by atoms with Gasteiger partial charge in [0.1, 0.15) is 17.3 Å². The molecule has 172 valence electrons. The second kappa shape index (κ2) is 10.5. The number of aromatic amines is 1. The fourth-order valence-corrected chi connectivity index (χ4v) is 3.75. The molecular weight excluding hydrogens is 417 g/mol. The van der Waals surface area contributed by atoms with Gasteiger partial charge >= 0.3 is 0 Å². The van der Waals surface area contributed by atoms with Gasteiger partial charge in [0.25, 0.3) is 11.5 Å². The normalized spacial score (nSPS) is 16.3. The van der Waals surface area contributed by atoms with Crippen molar-refractivity contribution in [2.75, 3.05) is 27.2 Å². The number of likely N-dealkylation sites (tertiary alicyclic amines) is 1. The molecule has 0 radical (unpaired) electrons. The lowest BCUT2D eigenvalue weighted by molar-refractivity contribution is -0.135. The van der Waals surface area contributed by atoms with E-state index < -0.39 is 24.1 Å². The highest BCUT2D eigenvalue weighted by Crippen LogP contribution is 2.29. The number of carbonyl (C=O) groups is 2. The number of nitrogens with one attached hydrogen (secondary N) is 2. The SMILES string of the molecule is CN(C)CC(=O)N1CCCCC1c1nc(C(=O)NCc2ccc(F)cc2)c(CO)c(=O)[nH]1. The Labute approximate surface area is 185 Å². The smallest absolute Gasteiger partial charge is 0.270 e. The standard InChI is InChI=1S/C22H28FN5O4/c1-27(2)12-18(30)28-10-4-3-5-17(28)20-25-19(16(13-29)21(31)26-20)22(32)24-11-14-6-8-15(23)9-7-14/h6-9,17,29H,3-5,10-13H2,1-2H3,(H,24,32)(H,25,26,31). The van der Waals surface area contributed by atoms with Crippen LogP contribution in [0.25, 0.3) is 0 Å². The molecule has 0 spiro atoms. The zero-order chi connectivity index (χ0) is 23.3.